The molecule has 0 amide bonds. The fraction of sp³-hybridized carbons (Fsp3) is 0.333. The molecule has 106 valence electrons. The Balaban J connectivity index is 2.41. The predicted molar refractivity (Wildman–Crippen MR) is 69.8 cm³/mol. The van der Waals surface area contributed by atoms with Gasteiger partial charge in [-0.15, -0.1) is 0 Å². The number of carbonyl (C=O) groups is 1. The van der Waals surface area contributed by atoms with E-state index in [2.05, 4.69) is 5.10 Å². The lowest BCUT2D eigenvalue weighted by Gasteiger charge is -2.07. The SMILES string of the molecule is CCn1nc(C)cc1Cn1cc([N+](=O)[O-])cc1C(=O)O. The molecule has 2 rings (SSSR count). The third-order valence-electron chi connectivity index (χ3n) is 2.93. The van der Waals surface area contributed by atoms with Crippen molar-refractivity contribution in [1.29, 1.82) is 0 Å². The van der Waals surface area contributed by atoms with E-state index in [1.807, 2.05) is 19.9 Å². The van der Waals surface area contributed by atoms with Crippen LogP contribution in [0, 0.1) is 17.0 Å². The van der Waals surface area contributed by atoms with Gasteiger partial charge in [-0.3, -0.25) is 14.8 Å². The Kier molecular flexibility index (Phi) is 3.55. The van der Waals surface area contributed by atoms with Gasteiger partial charge in [0.2, 0.25) is 0 Å². The quantitative estimate of drug-likeness (QED) is 0.661. The number of aromatic carboxylic acids is 1. The van der Waals surface area contributed by atoms with E-state index in [1.165, 1.54) is 10.8 Å². The average molecular weight is 278 g/mol. The molecule has 2 aromatic rings. The van der Waals surface area contributed by atoms with Gasteiger partial charge in [-0.25, -0.2) is 4.79 Å². The molecule has 0 atom stereocenters. The third-order valence-corrected chi connectivity index (χ3v) is 2.93. The largest absolute Gasteiger partial charge is 0.477 e. The van der Waals surface area contributed by atoms with Crippen LogP contribution in [0.3, 0.4) is 0 Å². The highest BCUT2D eigenvalue weighted by Gasteiger charge is 2.19. The van der Waals surface area contributed by atoms with E-state index in [4.69, 9.17) is 5.11 Å². The third kappa shape index (κ3) is 2.53. The molecule has 0 aromatic carbocycles. The van der Waals surface area contributed by atoms with E-state index in [0.29, 0.717) is 6.54 Å². The molecular formula is C12H14N4O4. The minimum Gasteiger partial charge on any atom is -0.477 e. The minimum atomic E-state index is -1.20. The Hall–Kier alpha value is -2.64. The van der Waals surface area contributed by atoms with Crippen LogP contribution in [0.5, 0.6) is 0 Å². The highest BCUT2D eigenvalue weighted by atomic mass is 16.6. The number of aryl methyl sites for hydroxylation is 2. The number of nitro groups is 1. The van der Waals surface area contributed by atoms with Crippen LogP contribution >= 0.6 is 0 Å². The van der Waals surface area contributed by atoms with E-state index in [1.54, 1.807) is 4.68 Å². The first-order valence-corrected chi connectivity index (χ1v) is 6.03. The zero-order valence-corrected chi connectivity index (χ0v) is 11.1. The number of aromatic nitrogens is 3. The first kappa shape index (κ1) is 13.8. The van der Waals surface area contributed by atoms with Gasteiger partial charge in [-0.1, -0.05) is 0 Å². The van der Waals surface area contributed by atoms with Crippen molar-refractivity contribution in [3.05, 3.63) is 45.5 Å². The number of nitrogens with zero attached hydrogens (tertiary/aromatic N) is 4. The van der Waals surface area contributed by atoms with Crippen LogP contribution in [0.2, 0.25) is 0 Å². The van der Waals surface area contributed by atoms with Crippen LogP contribution in [0.15, 0.2) is 18.3 Å². The summed E-state index contributed by atoms with van der Waals surface area (Å²) < 4.78 is 3.09. The second-order valence-electron chi connectivity index (χ2n) is 4.37. The zero-order valence-electron chi connectivity index (χ0n) is 11.1. The maximum atomic E-state index is 11.1. The molecule has 2 aromatic heterocycles. The fourth-order valence-corrected chi connectivity index (χ4v) is 2.08. The van der Waals surface area contributed by atoms with Gasteiger partial charge in [0.25, 0.3) is 5.69 Å². The van der Waals surface area contributed by atoms with Crippen molar-refractivity contribution in [3.63, 3.8) is 0 Å². The van der Waals surface area contributed by atoms with E-state index in [9.17, 15) is 14.9 Å². The van der Waals surface area contributed by atoms with E-state index in [0.717, 1.165) is 17.5 Å². The predicted octanol–water partition coefficient (Wildman–Crippen LogP) is 1.67. The first-order chi connectivity index (χ1) is 9.42. The fourth-order valence-electron chi connectivity index (χ4n) is 2.08. The lowest BCUT2D eigenvalue weighted by Crippen LogP contribution is -2.12. The second kappa shape index (κ2) is 5.16. The van der Waals surface area contributed by atoms with E-state index in [-0.39, 0.29) is 17.9 Å². The monoisotopic (exact) mass is 278 g/mol. The molecule has 8 nitrogen and oxygen atoms in total. The second-order valence-corrected chi connectivity index (χ2v) is 4.37. The summed E-state index contributed by atoms with van der Waals surface area (Å²) in [6.07, 6.45) is 1.23. The average Bonchev–Trinajstić information content (AvgIpc) is 2.93. The molecule has 0 saturated heterocycles. The van der Waals surface area contributed by atoms with Crippen molar-refractivity contribution in [2.24, 2.45) is 0 Å². The molecule has 2 heterocycles. The lowest BCUT2D eigenvalue weighted by molar-refractivity contribution is -0.384. The summed E-state index contributed by atoms with van der Waals surface area (Å²) in [5.41, 5.74) is 1.28. The van der Waals surface area contributed by atoms with Gasteiger partial charge in [-0.2, -0.15) is 5.10 Å². The summed E-state index contributed by atoms with van der Waals surface area (Å²) in [5, 5.41) is 24.1. The summed E-state index contributed by atoms with van der Waals surface area (Å²) in [7, 11) is 0. The molecule has 0 bridgehead atoms. The van der Waals surface area contributed by atoms with Gasteiger partial charge in [0.05, 0.1) is 29.1 Å². The standard InChI is InChI=1S/C12H14N4O4/c1-3-15-9(4-8(2)13-15)6-14-7-10(16(19)20)5-11(14)12(17)18/h4-5,7H,3,6H2,1-2H3,(H,17,18). The topological polar surface area (TPSA) is 103 Å². The van der Waals surface area contributed by atoms with E-state index >= 15 is 0 Å². The van der Waals surface area contributed by atoms with Gasteiger partial charge in [0, 0.05) is 12.6 Å². The summed E-state index contributed by atoms with van der Waals surface area (Å²) in [6, 6.07) is 2.89. The van der Waals surface area contributed by atoms with Gasteiger partial charge in [-0.05, 0) is 19.9 Å². The van der Waals surface area contributed by atoms with Crippen LogP contribution in [-0.2, 0) is 13.1 Å². The molecule has 1 N–H and O–H groups in total. The normalized spacial score (nSPS) is 10.7. The summed E-state index contributed by atoms with van der Waals surface area (Å²) in [6.45, 7) is 4.64. The van der Waals surface area contributed by atoms with Crippen LogP contribution in [-0.4, -0.2) is 30.3 Å². The first-order valence-electron chi connectivity index (χ1n) is 6.03. The maximum absolute atomic E-state index is 11.1. The summed E-state index contributed by atoms with van der Waals surface area (Å²) in [5.74, 6) is -1.20. The number of rotatable bonds is 5. The lowest BCUT2D eigenvalue weighted by atomic mass is 10.3. The van der Waals surface area contributed by atoms with Gasteiger partial charge >= 0.3 is 5.97 Å². The van der Waals surface area contributed by atoms with Crippen LogP contribution in [0.25, 0.3) is 0 Å². The van der Waals surface area contributed by atoms with E-state index < -0.39 is 10.9 Å². The molecular weight excluding hydrogens is 264 g/mol. The van der Waals surface area contributed by atoms with Crippen molar-refractivity contribution >= 4 is 11.7 Å². The summed E-state index contributed by atoms with van der Waals surface area (Å²) in [4.78, 5) is 21.3. The van der Waals surface area contributed by atoms with Crippen LogP contribution in [0.1, 0.15) is 28.8 Å². The molecule has 20 heavy (non-hydrogen) atoms. The summed E-state index contributed by atoms with van der Waals surface area (Å²) >= 11 is 0. The molecule has 0 aliphatic heterocycles. The van der Waals surface area contributed by atoms with Gasteiger partial charge in [0.1, 0.15) is 5.69 Å². The van der Waals surface area contributed by atoms with Crippen LogP contribution < -0.4 is 0 Å². The minimum absolute atomic E-state index is 0.113. The number of hydrogen-bond donors (Lipinski definition) is 1. The molecule has 0 saturated carbocycles. The van der Waals surface area contributed by atoms with Crippen molar-refractivity contribution < 1.29 is 14.8 Å². The Labute approximate surface area is 114 Å². The number of carboxylic acid groups (broad SMARTS) is 1. The Morgan fingerprint density at radius 3 is 2.75 bits per heavy atom. The molecule has 0 spiro atoms. The van der Waals surface area contributed by atoms with Crippen molar-refractivity contribution in [3.8, 4) is 0 Å². The van der Waals surface area contributed by atoms with Crippen molar-refractivity contribution in [1.82, 2.24) is 14.3 Å². The van der Waals surface area contributed by atoms with Crippen molar-refractivity contribution in [2.75, 3.05) is 0 Å². The number of carboxylic acids is 1. The molecule has 0 unspecified atom stereocenters. The van der Waals surface area contributed by atoms with Gasteiger partial charge < -0.3 is 9.67 Å². The maximum Gasteiger partial charge on any atom is 0.352 e. The highest BCUT2D eigenvalue weighted by molar-refractivity contribution is 5.86. The molecule has 0 aliphatic rings. The highest BCUT2D eigenvalue weighted by Crippen LogP contribution is 2.18. The zero-order chi connectivity index (χ0) is 14.9. The molecule has 8 heteroatoms. The Morgan fingerprint density at radius 1 is 1.50 bits per heavy atom. The van der Waals surface area contributed by atoms with Crippen molar-refractivity contribution in [2.45, 2.75) is 26.9 Å². The van der Waals surface area contributed by atoms with Gasteiger partial charge in [0.15, 0.2) is 0 Å². The Morgan fingerprint density at radius 2 is 2.20 bits per heavy atom. The number of hydrogen-bond acceptors (Lipinski definition) is 4. The molecule has 0 radical (unpaired) electrons. The molecule has 0 fully saturated rings. The Bertz CT molecular complexity index is 671. The molecule has 0 aliphatic carbocycles. The van der Waals surface area contributed by atoms with Crippen LogP contribution in [0.4, 0.5) is 5.69 Å². The smallest absolute Gasteiger partial charge is 0.352 e.